The van der Waals surface area contributed by atoms with Crippen molar-refractivity contribution < 1.29 is 14.3 Å². The molecule has 2 heterocycles. The molecule has 0 radical (unpaired) electrons. The number of carbonyl (C=O) groups excluding carboxylic acids is 1. The molecule has 158 valence electrons. The second-order valence-electron chi connectivity index (χ2n) is 8.22. The van der Waals surface area contributed by atoms with Crippen molar-refractivity contribution in [2.24, 2.45) is 5.92 Å². The van der Waals surface area contributed by atoms with E-state index in [1.807, 2.05) is 13.1 Å². The van der Waals surface area contributed by atoms with Gasteiger partial charge in [0.2, 0.25) is 0 Å². The van der Waals surface area contributed by atoms with Crippen LogP contribution in [0.5, 0.6) is 5.75 Å². The first kappa shape index (κ1) is 21.6. The molecular formula is C23H31ClN2O3. The molecule has 1 saturated heterocycles. The largest absolute Gasteiger partial charge is 0.495 e. The van der Waals surface area contributed by atoms with Crippen molar-refractivity contribution in [1.82, 2.24) is 5.32 Å². The van der Waals surface area contributed by atoms with E-state index < -0.39 is 0 Å². The van der Waals surface area contributed by atoms with Crippen LogP contribution in [0.1, 0.15) is 39.2 Å². The van der Waals surface area contributed by atoms with Crippen LogP contribution in [0, 0.1) is 5.92 Å². The van der Waals surface area contributed by atoms with Gasteiger partial charge in [-0.3, -0.25) is 0 Å². The van der Waals surface area contributed by atoms with Gasteiger partial charge in [0.15, 0.2) is 0 Å². The van der Waals surface area contributed by atoms with E-state index in [4.69, 9.17) is 21.1 Å². The third-order valence-electron chi connectivity index (χ3n) is 6.16. The molecule has 6 heteroatoms. The Morgan fingerprint density at radius 2 is 2.07 bits per heavy atom. The van der Waals surface area contributed by atoms with Crippen LogP contribution >= 0.6 is 11.6 Å². The Hall–Kier alpha value is -2.14. The van der Waals surface area contributed by atoms with E-state index in [0.717, 1.165) is 30.5 Å². The monoisotopic (exact) mass is 418 g/mol. The fourth-order valence-electron chi connectivity index (χ4n) is 4.09. The Labute approximate surface area is 178 Å². The SMILES string of the molecule is COc1cc2cc(c1Cl)N(C)C(C)[C@H](C)[C@@H]1CC(C/C=C/C=C(\C)C2)NC(=O)O1. The van der Waals surface area contributed by atoms with Gasteiger partial charge < -0.3 is 19.7 Å². The highest BCUT2D eigenvalue weighted by molar-refractivity contribution is 6.34. The summed E-state index contributed by atoms with van der Waals surface area (Å²) in [5, 5.41) is 3.54. The minimum atomic E-state index is -0.334. The van der Waals surface area contributed by atoms with Crippen LogP contribution in [0.4, 0.5) is 10.5 Å². The fourth-order valence-corrected chi connectivity index (χ4v) is 4.41. The van der Waals surface area contributed by atoms with Crippen molar-refractivity contribution >= 4 is 23.4 Å². The van der Waals surface area contributed by atoms with Crippen molar-refractivity contribution in [3.05, 3.63) is 46.5 Å². The van der Waals surface area contributed by atoms with Crippen LogP contribution in [0.2, 0.25) is 5.02 Å². The van der Waals surface area contributed by atoms with Gasteiger partial charge in [-0.1, -0.05) is 42.3 Å². The molecule has 4 atom stereocenters. The first-order valence-electron chi connectivity index (χ1n) is 10.2. The molecule has 2 aliphatic rings. The summed E-state index contributed by atoms with van der Waals surface area (Å²) >= 11 is 6.68. The zero-order valence-corrected chi connectivity index (χ0v) is 18.6. The highest BCUT2D eigenvalue weighted by Gasteiger charge is 2.35. The highest BCUT2D eigenvalue weighted by Crippen LogP contribution is 2.38. The van der Waals surface area contributed by atoms with Crippen LogP contribution < -0.4 is 15.0 Å². The molecule has 1 fully saturated rings. The Bertz CT molecular complexity index is 821. The van der Waals surface area contributed by atoms with E-state index in [0.29, 0.717) is 10.8 Å². The van der Waals surface area contributed by atoms with E-state index in [-0.39, 0.29) is 30.2 Å². The number of alkyl carbamates (subject to hydrolysis) is 1. The number of amides is 1. The van der Waals surface area contributed by atoms with Gasteiger partial charge >= 0.3 is 6.09 Å². The second-order valence-corrected chi connectivity index (χ2v) is 8.59. The lowest BCUT2D eigenvalue weighted by atomic mass is 9.89. The van der Waals surface area contributed by atoms with Crippen molar-refractivity contribution in [2.45, 2.75) is 58.2 Å². The lowest BCUT2D eigenvalue weighted by Crippen LogP contribution is -2.51. The smallest absolute Gasteiger partial charge is 0.407 e. The minimum absolute atomic E-state index is 0.0843. The molecule has 0 saturated carbocycles. The van der Waals surface area contributed by atoms with Crippen LogP contribution in [0.25, 0.3) is 0 Å². The second kappa shape index (κ2) is 9.12. The van der Waals surface area contributed by atoms with Gasteiger partial charge in [0, 0.05) is 31.5 Å². The van der Waals surface area contributed by atoms with Crippen molar-refractivity contribution in [3.63, 3.8) is 0 Å². The number of hydrogen-bond acceptors (Lipinski definition) is 4. The number of methoxy groups -OCH3 is 1. The van der Waals surface area contributed by atoms with E-state index >= 15 is 0 Å². The number of ether oxygens (including phenoxy) is 2. The third-order valence-corrected chi connectivity index (χ3v) is 6.54. The molecular weight excluding hydrogens is 388 g/mol. The van der Waals surface area contributed by atoms with Gasteiger partial charge in [0.1, 0.15) is 16.9 Å². The van der Waals surface area contributed by atoms with Gasteiger partial charge in [-0.2, -0.15) is 0 Å². The average Bonchev–Trinajstić information content (AvgIpc) is 2.69. The van der Waals surface area contributed by atoms with Crippen LogP contribution in [0.15, 0.2) is 35.9 Å². The van der Waals surface area contributed by atoms with Crippen molar-refractivity contribution in [1.29, 1.82) is 0 Å². The Morgan fingerprint density at radius 1 is 1.31 bits per heavy atom. The van der Waals surface area contributed by atoms with Gasteiger partial charge in [0.05, 0.1) is 12.8 Å². The van der Waals surface area contributed by atoms with Crippen molar-refractivity contribution in [2.75, 3.05) is 19.1 Å². The summed E-state index contributed by atoms with van der Waals surface area (Å²) in [5.41, 5.74) is 3.32. The fraction of sp³-hybridized carbons (Fsp3) is 0.522. The van der Waals surface area contributed by atoms with Gasteiger partial charge in [0.25, 0.3) is 0 Å². The number of fused-ring (bicyclic) bond motifs is 4. The lowest BCUT2D eigenvalue weighted by molar-refractivity contribution is 0.0240. The molecule has 29 heavy (non-hydrogen) atoms. The number of allylic oxidation sites excluding steroid dienone is 3. The summed E-state index contributed by atoms with van der Waals surface area (Å²) < 4.78 is 11.2. The number of carbonyl (C=O) groups is 1. The van der Waals surface area contributed by atoms with Crippen LogP contribution in [-0.2, 0) is 11.2 Å². The standard InChI is InChI=1S/C23H31ClN2O3/c1-14-8-6-7-9-18-13-20(29-23(27)25-18)15(2)16(3)26(4)19-11-17(10-14)12-21(28-5)22(19)24/h6-8,11-12,15-16,18,20H,9-10,13H2,1-5H3,(H,25,27)/b7-6+,14-8+/t15-,16?,18?,20-/m0/s1. The molecule has 2 aliphatic heterocycles. The molecule has 1 aromatic carbocycles. The number of rotatable bonds is 1. The molecule has 0 aromatic heterocycles. The van der Waals surface area contributed by atoms with Crippen LogP contribution in [-0.4, -0.2) is 38.4 Å². The summed E-state index contributed by atoms with van der Waals surface area (Å²) in [6.07, 6.45) is 8.21. The molecule has 0 spiro atoms. The van der Waals surface area contributed by atoms with E-state index in [1.165, 1.54) is 5.57 Å². The van der Waals surface area contributed by atoms with E-state index in [9.17, 15) is 4.79 Å². The van der Waals surface area contributed by atoms with E-state index in [2.05, 4.69) is 55.3 Å². The highest BCUT2D eigenvalue weighted by atomic mass is 35.5. The normalized spacial score (nSPS) is 30.8. The number of anilines is 1. The van der Waals surface area contributed by atoms with E-state index in [1.54, 1.807) is 7.11 Å². The third kappa shape index (κ3) is 4.89. The molecule has 5 nitrogen and oxygen atoms in total. The molecule has 1 aromatic rings. The molecule has 1 amide bonds. The quantitative estimate of drug-likeness (QED) is 0.687. The summed E-state index contributed by atoms with van der Waals surface area (Å²) in [4.78, 5) is 14.3. The Kier molecular flexibility index (Phi) is 6.78. The number of benzene rings is 1. The summed E-state index contributed by atoms with van der Waals surface area (Å²) in [5.74, 6) is 0.806. The maximum Gasteiger partial charge on any atom is 0.407 e. The van der Waals surface area contributed by atoms with Gasteiger partial charge in [-0.05, 0) is 44.4 Å². The predicted octanol–water partition coefficient (Wildman–Crippen LogP) is 5.13. The molecule has 4 bridgehead atoms. The predicted molar refractivity (Wildman–Crippen MR) is 118 cm³/mol. The minimum Gasteiger partial charge on any atom is -0.495 e. The summed E-state index contributed by atoms with van der Waals surface area (Å²) in [6.45, 7) is 6.40. The Balaban J connectivity index is 2.04. The van der Waals surface area contributed by atoms with Gasteiger partial charge in [-0.25, -0.2) is 4.79 Å². The maximum atomic E-state index is 12.1. The average molecular weight is 419 g/mol. The number of halogens is 1. The maximum absolute atomic E-state index is 12.1. The molecule has 0 aliphatic carbocycles. The first-order valence-corrected chi connectivity index (χ1v) is 10.6. The molecule has 2 unspecified atom stereocenters. The summed E-state index contributed by atoms with van der Waals surface area (Å²) in [7, 11) is 3.68. The number of nitrogens with one attached hydrogen (secondary N) is 1. The molecule has 3 rings (SSSR count). The van der Waals surface area contributed by atoms with Crippen molar-refractivity contribution in [3.8, 4) is 5.75 Å². The Morgan fingerprint density at radius 3 is 2.79 bits per heavy atom. The topological polar surface area (TPSA) is 50.8 Å². The van der Waals surface area contributed by atoms with Gasteiger partial charge in [-0.15, -0.1) is 0 Å². The van der Waals surface area contributed by atoms with Crippen LogP contribution in [0.3, 0.4) is 0 Å². The zero-order chi connectivity index (χ0) is 21.1. The first-order chi connectivity index (χ1) is 13.8. The molecule has 1 N–H and O–H groups in total. The zero-order valence-electron chi connectivity index (χ0n) is 17.9. The number of hydrogen-bond donors (Lipinski definition) is 1. The lowest BCUT2D eigenvalue weighted by Gasteiger charge is -2.39. The summed E-state index contributed by atoms with van der Waals surface area (Å²) in [6, 6.07) is 4.33. The number of nitrogens with zero attached hydrogens (tertiary/aromatic N) is 1.